The molecule has 1 heterocycles. The van der Waals surface area contributed by atoms with E-state index in [1.54, 1.807) is 31.2 Å². The van der Waals surface area contributed by atoms with E-state index in [0.717, 1.165) is 0 Å². The molecular weight excluding hydrogens is 366 g/mol. The van der Waals surface area contributed by atoms with Crippen LogP contribution in [0.5, 0.6) is 0 Å². The average molecular weight is 381 g/mol. The highest BCUT2D eigenvalue weighted by Gasteiger charge is 2.36. The molecule has 130 valence electrons. The van der Waals surface area contributed by atoms with E-state index in [1.807, 2.05) is 0 Å². The van der Waals surface area contributed by atoms with Gasteiger partial charge in [-0.2, -0.15) is 0 Å². The van der Waals surface area contributed by atoms with Crippen molar-refractivity contribution in [1.29, 1.82) is 0 Å². The molecule has 25 heavy (non-hydrogen) atoms. The fraction of sp³-hybridized carbons (Fsp3) is 0.222. The Bertz CT molecular complexity index is 844. The Morgan fingerprint density at radius 2 is 1.92 bits per heavy atom. The van der Waals surface area contributed by atoms with Gasteiger partial charge < -0.3 is 9.80 Å². The Morgan fingerprint density at radius 3 is 2.60 bits per heavy atom. The maximum atomic E-state index is 13.4. The van der Waals surface area contributed by atoms with Crippen LogP contribution in [0.25, 0.3) is 0 Å². The van der Waals surface area contributed by atoms with Gasteiger partial charge in [-0.25, -0.2) is 4.39 Å². The summed E-state index contributed by atoms with van der Waals surface area (Å²) >= 11 is 12.0. The van der Waals surface area contributed by atoms with Crippen LogP contribution in [0, 0.1) is 5.82 Å². The minimum atomic E-state index is -0.684. The van der Waals surface area contributed by atoms with Crippen molar-refractivity contribution in [3.05, 3.63) is 63.9 Å². The molecule has 1 fully saturated rings. The third-order valence-corrected chi connectivity index (χ3v) is 4.75. The van der Waals surface area contributed by atoms with Crippen LogP contribution < -0.4 is 4.90 Å². The highest BCUT2D eigenvalue weighted by Crippen LogP contribution is 2.26. The van der Waals surface area contributed by atoms with Crippen molar-refractivity contribution in [2.24, 2.45) is 0 Å². The summed E-state index contributed by atoms with van der Waals surface area (Å²) in [5, 5.41) is 0.673. The lowest BCUT2D eigenvalue weighted by atomic mass is 10.1. The van der Waals surface area contributed by atoms with E-state index in [1.165, 1.54) is 28.0 Å². The zero-order valence-corrected chi connectivity index (χ0v) is 14.9. The number of halogens is 3. The second kappa shape index (κ2) is 7.02. The first-order valence-corrected chi connectivity index (χ1v) is 8.47. The first-order valence-electron chi connectivity index (χ1n) is 7.71. The third kappa shape index (κ3) is 3.48. The maximum Gasteiger partial charge on any atom is 0.256 e. The second-order valence-electron chi connectivity index (χ2n) is 5.77. The van der Waals surface area contributed by atoms with E-state index in [-0.39, 0.29) is 23.4 Å². The lowest BCUT2D eigenvalue weighted by Crippen LogP contribution is -2.57. The van der Waals surface area contributed by atoms with E-state index < -0.39 is 11.9 Å². The van der Waals surface area contributed by atoms with E-state index in [9.17, 15) is 14.0 Å². The van der Waals surface area contributed by atoms with Gasteiger partial charge in [0.2, 0.25) is 5.91 Å². The second-order valence-corrected chi connectivity index (χ2v) is 6.61. The number of hydrogen-bond acceptors (Lipinski definition) is 2. The van der Waals surface area contributed by atoms with Crippen LogP contribution >= 0.6 is 23.2 Å². The van der Waals surface area contributed by atoms with Crippen LogP contribution in [0.1, 0.15) is 17.3 Å². The molecule has 0 spiro atoms. The van der Waals surface area contributed by atoms with Crippen LogP contribution in [0.15, 0.2) is 42.5 Å². The minimum Gasteiger partial charge on any atom is -0.325 e. The van der Waals surface area contributed by atoms with Gasteiger partial charge in [-0.3, -0.25) is 9.59 Å². The van der Waals surface area contributed by atoms with Gasteiger partial charge in [0.1, 0.15) is 11.9 Å². The number of hydrogen-bond donors (Lipinski definition) is 0. The predicted octanol–water partition coefficient (Wildman–Crippen LogP) is 4.01. The summed E-state index contributed by atoms with van der Waals surface area (Å²) in [5.74, 6) is -1.01. The Balaban J connectivity index is 1.83. The van der Waals surface area contributed by atoms with Crippen molar-refractivity contribution in [3.8, 4) is 0 Å². The van der Waals surface area contributed by atoms with Crippen LogP contribution in [0.3, 0.4) is 0 Å². The lowest BCUT2D eigenvalue weighted by molar-refractivity contribution is -0.124. The van der Waals surface area contributed by atoms with Crippen molar-refractivity contribution in [2.45, 2.75) is 13.0 Å². The summed E-state index contributed by atoms with van der Waals surface area (Å²) < 4.78 is 13.4. The molecule has 1 unspecified atom stereocenters. The molecule has 0 radical (unpaired) electrons. The number of piperazine rings is 1. The first kappa shape index (κ1) is 17.7. The molecular formula is C18H15Cl2FN2O2. The molecule has 0 aliphatic carbocycles. The fourth-order valence-corrected chi connectivity index (χ4v) is 3.36. The molecule has 2 aromatic carbocycles. The van der Waals surface area contributed by atoms with Gasteiger partial charge in [-0.1, -0.05) is 29.3 Å². The van der Waals surface area contributed by atoms with Crippen molar-refractivity contribution < 1.29 is 14.0 Å². The number of amides is 2. The van der Waals surface area contributed by atoms with Gasteiger partial charge in [-0.05, 0) is 43.3 Å². The summed E-state index contributed by atoms with van der Waals surface area (Å²) in [5.41, 5.74) is 0.776. The molecule has 3 rings (SSSR count). The first-order chi connectivity index (χ1) is 11.9. The minimum absolute atomic E-state index is 0.240. The van der Waals surface area contributed by atoms with Crippen LogP contribution in [0.2, 0.25) is 10.0 Å². The van der Waals surface area contributed by atoms with Gasteiger partial charge in [0.25, 0.3) is 5.91 Å². The molecule has 7 heteroatoms. The van der Waals surface area contributed by atoms with E-state index in [4.69, 9.17) is 23.2 Å². The molecule has 0 bridgehead atoms. The van der Waals surface area contributed by atoms with E-state index >= 15 is 0 Å². The largest absolute Gasteiger partial charge is 0.325 e. The smallest absolute Gasteiger partial charge is 0.256 e. The predicted molar refractivity (Wildman–Crippen MR) is 95.7 cm³/mol. The topological polar surface area (TPSA) is 40.6 Å². The van der Waals surface area contributed by atoms with Gasteiger partial charge in [0, 0.05) is 23.8 Å². The van der Waals surface area contributed by atoms with Crippen molar-refractivity contribution in [3.63, 3.8) is 0 Å². The van der Waals surface area contributed by atoms with Crippen molar-refractivity contribution in [2.75, 3.05) is 18.0 Å². The highest BCUT2D eigenvalue weighted by atomic mass is 35.5. The van der Waals surface area contributed by atoms with Gasteiger partial charge >= 0.3 is 0 Å². The standard InChI is InChI=1S/C18H15Cl2FN2O2/c1-11-17(24)23(14-4-2-3-13(21)10-14)8-7-22(11)18(25)15-6-5-12(19)9-16(15)20/h2-6,9-11H,7-8H2,1H3. The Labute approximate surface area is 154 Å². The quantitative estimate of drug-likeness (QED) is 0.789. The zero-order chi connectivity index (χ0) is 18.1. The normalized spacial score (nSPS) is 17.8. The number of carbonyl (C=O) groups is 2. The Hall–Kier alpha value is -2.11. The number of carbonyl (C=O) groups excluding carboxylic acids is 2. The number of nitrogens with zero attached hydrogens (tertiary/aromatic N) is 2. The summed E-state index contributed by atoms with van der Waals surface area (Å²) in [6.45, 7) is 2.25. The monoisotopic (exact) mass is 380 g/mol. The Morgan fingerprint density at radius 1 is 1.16 bits per heavy atom. The molecule has 2 aromatic rings. The third-order valence-electron chi connectivity index (χ3n) is 4.20. The van der Waals surface area contributed by atoms with Crippen LogP contribution in [-0.4, -0.2) is 35.8 Å². The lowest BCUT2D eigenvalue weighted by Gasteiger charge is -2.39. The Kier molecular flexibility index (Phi) is 4.97. The van der Waals surface area contributed by atoms with E-state index in [0.29, 0.717) is 22.8 Å². The van der Waals surface area contributed by atoms with Crippen molar-refractivity contribution >= 4 is 40.7 Å². The van der Waals surface area contributed by atoms with Crippen LogP contribution in [0.4, 0.5) is 10.1 Å². The van der Waals surface area contributed by atoms with Gasteiger partial charge in [-0.15, -0.1) is 0 Å². The summed E-state index contributed by atoms with van der Waals surface area (Å²) in [7, 11) is 0. The SMILES string of the molecule is CC1C(=O)N(c2cccc(F)c2)CCN1C(=O)c1ccc(Cl)cc1Cl. The molecule has 1 saturated heterocycles. The molecule has 1 aliphatic heterocycles. The zero-order valence-electron chi connectivity index (χ0n) is 13.4. The van der Waals surface area contributed by atoms with Gasteiger partial charge in [0.05, 0.1) is 10.6 Å². The average Bonchev–Trinajstić information content (AvgIpc) is 2.56. The highest BCUT2D eigenvalue weighted by molar-refractivity contribution is 6.36. The fourth-order valence-electron chi connectivity index (χ4n) is 2.87. The van der Waals surface area contributed by atoms with E-state index in [2.05, 4.69) is 0 Å². The van der Waals surface area contributed by atoms with Gasteiger partial charge in [0.15, 0.2) is 0 Å². The molecule has 0 saturated carbocycles. The number of rotatable bonds is 2. The molecule has 2 amide bonds. The molecule has 1 atom stereocenters. The molecule has 4 nitrogen and oxygen atoms in total. The number of anilines is 1. The molecule has 0 N–H and O–H groups in total. The molecule has 1 aliphatic rings. The number of benzene rings is 2. The summed E-state index contributed by atoms with van der Waals surface area (Å²) in [4.78, 5) is 28.4. The van der Waals surface area contributed by atoms with Crippen molar-refractivity contribution in [1.82, 2.24) is 4.90 Å². The summed E-state index contributed by atoms with van der Waals surface area (Å²) in [6, 6.07) is 9.77. The molecule has 0 aromatic heterocycles. The summed E-state index contributed by atoms with van der Waals surface area (Å²) in [6.07, 6.45) is 0. The maximum absolute atomic E-state index is 13.4. The van der Waals surface area contributed by atoms with Crippen LogP contribution in [-0.2, 0) is 4.79 Å².